The standard InChI is InChI=1S/C13H14F3N3O/c1-2-5-12(20)7-19(8-12)11-9(6-17)3-4-10(18-11)13(14,15)16/h3-4,20H,2,5,7-8H2,1H3. The molecule has 0 unspecified atom stereocenters. The first-order chi connectivity index (χ1) is 9.29. The van der Waals surface area contributed by atoms with E-state index in [1.807, 2.05) is 13.0 Å². The van der Waals surface area contributed by atoms with E-state index in [-0.39, 0.29) is 24.5 Å². The van der Waals surface area contributed by atoms with Crippen molar-refractivity contribution in [2.24, 2.45) is 0 Å². The Morgan fingerprint density at radius 2 is 2.10 bits per heavy atom. The van der Waals surface area contributed by atoms with E-state index in [1.54, 1.807) is 0 Å². The fourth-order valence-corrected chi connectivity index (χ4v) is 2.37. The third-order valence-electron chi connectivity index (χ3n) is 3.27. The molecule has 1 fully saturated rings. The van der Waals surface area contributed by atoms with E-state index < -0.39 is 17.5 Å². The highest BCUT2D eigenvalue weighted by Gasteiger charge is 2.42. The Morgan fingerprint density at radius 1 is 1.45 bits per heavy atom. The van der Waals surface area contributed by atoms with Crippen molar-refractivity contribution >= 4 is 5.82 Å². The lowest BCUT2D eigenvalue weighted by Crippen LogP contribution is -2.62. The number of β-amino-alcohol motifs (C(OH)–C–C–N with tert-alkyl or cyclic N) is 1. The van der Waals surface area contributed by atoms with Crippen molar-refractivity contribution in [2.75, 3.05) is 18.0 Å². The van der Waals surface area contributed by atoms with Gasteiger partial charge in [0.1, 0.15) is 17.6 Å². The first-order valence-corrected chi connectivity index (χ1v) is 6.25. The van der Waals surface area contributed by atoms with E-state index in [0.29, 0.717) is 6.42 Å². The molecule has 0 bridgehead atoms. The Hall–Kier alpha value is -1.81. The molecule has 4 nitrogen and oxygen atoms in total. The molecule has 0 aliphatic carbocycles. The lowest BCUT2D eigenvalue weighted by atomic mass is 9.89. The first kappa shape index (κ1) is 14.6. The number of aliphatic hydroxyl groups is 1. The van der Waals surface area contributed by atoms with E-state index in [9.17, 15) is 18.3 Å². The van der Waals surface area contributed by atoms with Gasteiger partial charge in [-0.15, -0.1) is 0 Å². The fraction of sp³-hybridized carbons (Fsp3) is 0.538. The number of nitriles is 1. The molecule has 1 aliphatic rings. The molecular weight excluding hydrogens is 271 g/mol. The van der Waals surface area contributed by atoms with Crippen LogP contribution in [0.4, 0.5) is 19.0 Å². The van der Waals surface area contributed by atoms with Crippen LogP contribution in [0.25, 0.3) is 0 Å². The van der Waals surface area contributed by atoms with Crippen LogP contribution in [0.15, 0.2) is 12.1 Å². The number of halogens is 3. The number of alkyl halides is 3. The average molecular weight is 285 g/mol. The van der Waals surface area contributed by atoms with Gasteiger partial charge in [0.2, 0.25) is 0 Å². The smallest absolute Gasteiger partial charge is 0.386 e. The summed E-state index contributed by atoms with van der Waals surface area (Å²) < 4.78 is 37.9. The van der Waals surface area contributed by atoms with Crippen molar-refractivity contribution in [1.29, 1.82) is 5.26 Å². The minimum absolute atomic E-state index is 0.0110. The molecule has 1 aromatic rings. The Morgan fingerprint density at radius 3 is 2.60 bits per heavy atom. The maximum absolute atomic E-state index is 12.6. The predicted molar refractivity (Wildman–Crippen MR) is 66.0 cm³/mol. The topological polar surface area (TPSA) is 60.1 Å². The van der Waals surface area contributed by atoms with Crippen molar-refractivity contribution in [2.45, 2.75) is 31.5 Å². The second-order valence-corrected chi connectivity index (χ2v) is 5.01. The minimum Gasteiger partial charge on any atom is -0.386 e. The molecule has 1 N–H and O–H groups in total. The van der Waals surface area contributed by atoms with Gasteiger partial charge in [-0.2, -0.15) is 18.4 Å². The maximum atomic E-state index is 12.6. The zero-order valence-corrected chi connectivity index (χ0v) is 10.9. The summed E-state index contributed by atoms with van der Waals surface area (Å²) in [5.41, 5.74) is -1.84. The maximum Gasteiger partial charge on any atom is 0.433 e. The number of hydrogen-bond acceptors (Lipinski definition) is 4. The van der Waals surface area contributed by atoms with Crippen LogP contribution in [0.1, 0.15) is 31.0 Å². The summed E-state index contributed by atoms with van der Waals surface area (Å²) in [7, 11) is 0. The number of anilines is 1. The van der Waals surface area contributed by atoms with Crippen molar-refractivity contribution in [3.63, 3.8) is 0 Å². The normalized spacial score (nSPS) is 17.5. The SMILES string of the molecule is CCCC1(O)CN(c2nc(C(F)(F)F)ccc2C#N)C1. The van der Waals surface area contributed by atoms with Gasteiger partial charge in [0.15, 0.2) is 0 Å². The number of rotatable bonds is 3. The summed E-state index contributed by atoms with van der Waals surface area (Å²) in [4.78, 5) is 5.03. The van der Waals surface area contributed by atoms with E-state index in [0.717, 1.165) is 18.6 Å². The van der Waals surface area contributed by atoms with Crippen LogP contribution in [-0.2, 0) is 6.18 Å². The quantitative estimate of drug-likeness (QED) is 0.926. The number of nitrogens with zero attached hydrogens (tertiary/aromatic N) is 3. The van der Waals surface area contributed by atoms with Crippen LogP contribution in [0, 0.1) is 11.3 Å². The monoisotopic (exact) mass is 285 g/mol. The van der Waals surface area contributed by atoms with E-state index in [2.05, 4.69) is 4.98 Å². The molecule has 1 aromatic heterocycles. The Kier molecular flexibility index (Phi) is 3.61. The van der Waals surface area contributed by atoms with Gasteiger partial charge in [-0.05, 0) is 18.6 Å². The average Bonchev–Trinajstić information content (AvgIpc) is 2.34. The van der Waals surface area contributed by atoms with Gasteiger partial charge in [-0.3, -0.25) is 0 Å². The summed E-state index contributed by atoms with van der Waals surface area (Å²) in [5, 5.41) is 19.0. The van der Waals surface area contributed by atoms with Crippen LogP contribution in [0.3, 0.4) is 0 Å². The molecule has 2 heterocycles. The van der Waals surface area contributed by atoms with Crippen molar-refractivity contribution in [1.82, 2.24) is 4.98 Å². The van der Waals surface area contributed by atoms with Crippen LogP contribution in [0.2, 0.25) is 0 Å². The summed E-state index contributed by atoms with van der Waals surface area (Å²) in [6, 6.07) is 3.73. The Bertz CT molecular complexity index is 545. The molecule has 0 atom stereocenters. The molecule has 1 saturated heterocycles. The van der Waals surface area contributed by atoms with E-state index >= 15 is 0 Å². The van der Waals surface area contributed by atoms with Gasteiger partial charge in [0.05, 0.1) is 24.3 Å². The summed E-state index contributed by atoms with van der Waals surface area (Å²) >= 11 is 0. The second kappa shape index (κ2) is 4.94. The molecule has 0 spiro atoms. The van der Waals surface area contributed by atoms with Gasteiger partial charge in [-0.25, -0.2) is 4.98 Å². The fourth-order valence-electron chi connectivity index (χ4n) is 2.37. The highest BCUT2D eigenvalue weighted by atomic mass is 19.4. The minimum atomic E-state index is -4.55. The molecule has 2 rings (SSSR count). The second-order valence-electron chi connectivity index (χ2n) is 5.01. The number of pyridine rings is 1. The van der Waals surface area contributed by atoms with Crippen LogP contribution in [-0.4, -0.2) is 28.8 Å². The van der Waals surface area contributed by atoms with Gasteiger partial charge >= 0.3 is 6.18 Å². The zero-order valence-electron chi connectivity index (χ0n) is 10.9. The lowest BCUT2D eigenvalue weighted by molar-refractivity contribution is -0.141. The first-order valence-electron chi connectivity index (χ1n) is 6.25. The molecule has 0 aromatic carbocycles. The van der Waals surface area contributed by atoms with Crippen molar-refractivity contribution < 1.29 is 18.3 Å². The highest BCUT2D eigenvalue weighted by molar-refractivity contribution is 5.57. The lowest BCUT2D eigenvalue weighted by Gasteiger charge is -2.47. The van der Waals surface area contributed by atoms with Crippen molar-refractivity contribution in [3.05, 3.63) is 23.4 Å². The van der Waals surface area contributed by atoms with Gasteiger partial charge in [0.25, 0.3) is 0 Å². The molecule has 108 valence electrons. The van der Waals surface area contributed by atoms with Gasteiger partial charge in [-0.1, -0.05) is 13.3 Å². The number of hydrogen-bond donors (Lipinski definition) is 1. The molecule has 20 heavy (non-hydrogen) atoms. The Balaban J connectivity index is 2.26. The van der Waals surface area contributed by atoms with Gasteiger partial charge < -0.3 is 10.0 Å². The molecule has 1 aliphatic heterocycles. The summed E-state index contributed by atoms with van der Waals surface area (Å²) in [6.45, 7) is 2.32. The molecule has 7 heteroatoms. The zero-order chi connectivity index (χ0) is 15.0. The van der Waals surface area contributed by atoms with E-state index in [4.69, 9.17) is 5.26 Å². The van der Waals surface area contributed by atoms with Crippen LogP contribution in [0.5, 0.6) is 0 Å². The Labute approximate surface area is 114 Å². The third kappa shape index (κ3) is 2.70. The highest BCUT2D eigenvalue weighted by Crippen LogP contribution is 2.34. The predicted octanol–water partition coefficient (Wildman–Crippen LogP) is 2.32. The van der Waals surface area contributed by atoms with Crippen LogP contribution >= 0.6 is 0 Å². The molecule has 0 saturated carbocycles. The molecular formula is C13H14F3N3O. The number of aromatic nitrogens is 1. The summed E-state index contributed by atoms with van der Waals surface area (Å²) in [6.07, 6.45) is -3.19. The summed E-state index contributed by atoms with van der Waals surface area (Å²) in [5.74, 6) is -0.0110. The van der Waals surface area contributed by atoms with Gasteiger partial charge in [0, 0.05) is 0 Å². The van der Waals surface area contributed by atoms with Crippen LogP contribution < -0.4 is 4.90 Å². The van der Waals surface area contributed by atoms with Crippen molar-refractivity contribution in [3.8, 4) is 6.07 Å². The third-order valence-corrected chi connectivity index (χ3v) is 3.27. The molecule has 0 radical (unpaired) electrons. The van der Waals surface area contributed by atoms with E-state index in [1.165, 1.54) is 4.90 Å². The largest absolute Gasteiger partial charge is 0.433 e. The molecule has 0 amide bonds.